The highest BCUT2D eigenvalue weighted by Crippen LogP contribution is 2.03. The van der Waals surface area contributed by atoms with Gasteiger partial charge in [0, 0.05) is 137 Å². The zero-order valence-electron chi connectivity index (χ0n) is 10.7. The predicted molar refractivity (Wildman–Crippen MR) is 115 cm³/mol. The Morgan fingerprint density at radius 1 is 0.579 bits per heavy atom. The number of halogens is 1. The van der Waals surface area contributed by atoms with E-state index in [0.717, 1.165) is 0 Å². The van der Waals surface area contributed by atoms with Crippen molar-refractivity contribution in [2.45, 2.75) is 0 Å². The van der Waals surface area contributed by atoms with E-state index in [2.05, 4.69) is 3.44 Å². The van der Waals surface area contributed by atoms with E-state index < -0.39 is 51.3 Å². The molecule has 1 nitrogen and oxygen atoms in total. The normalized spacial score (nSPS) is 9.32. The molecule has 0 rings (SSSR count). The minimum Gasteiger partial charge on any atom is -0.319 e. The second kappa shape index (κ2) is 9.74. The van der Waals surface area contributed by atoms with Crippen molar-refractivity contribution in [3.63, 3.8) is 0 Å². The fourth-order valence-corrected chi connectivity index (χ4v) is 2.96. The van der Waals surface area contributed by atoms with Crippen LogP contribution in [-0.4, -0.2) is 121 Å². The van der Waals surface area contributed by atoms with Crippen molar-refractivity contribution in [1.82, 2.24) is 3.44 Å². The van der Waals surface area contributed by atoms with Crippen LogP contribution in [0.4, 0.5) is 0 Å². The Bertz CT molecular complexity index is 227. The van der Waals surface area contributed by atoms with Gasteiger partial charge >= 0.3 is 0 Å². The molecule has 64 valence electrons. The monoisotopic (exact) mass is 329 g/mol. The molecule has 0 saturated carbocycles. The smallest absolute Gasteiger partial charge is 0.129 e. The molecule has 0 bridgehead atoms. The summed E-state index contributed by atoms with van der Waals surface area (Å²) in [5, 5.41) is 0. The van der Waals surface area contributed by atoms with E-state index in [4.69, 9.17) is 69.6 Å². The Morgan fingerprint density at radius 3 is 1.16 bits per heavy atom. The summed E-state index contributed by atoms with van der Waals surface area (Å²) in [5.74, 6) is 0. The Morgan fingerprint density at radius 2 is 0.947 bits per heavy atom. The van der Waals surface area contributed by atoms with Gasteiger partial charge < -0.3 is 3.44 Å². The zero-order valence-corrected chi connectivity index (χ0v) is 12.9. The van der Waals surface area contributed by atoms with Gasteiger partial charge in [0.05, 0.1) is 0 Å². The van der Waals surface area contributed by atoms with E-state index in [1.165, 1.54) is 0 Å². The molecular weight excluding hydrogens is 325 g/mol. The van der Waals surface area contributed by atoms with Crippen LogP contribution in [-0.2, 0) is 0 Å². The third-order valence-electron chi connectivity index (χ3n) is 3.18. The first kappa shape index (κ1) is 20.8. The molecule has 19 heavy (non-hydrogen) atoms. The summed E-state index contributed by atoms with van der Waals surface area (Å²) in [5.41, 5.74) is 0. The maximum absolute atomic E-state index is 5.96. The molecule has 0 amide bonds. The summed E-state index contributed by atoms with van der Waals surface area (Å²) in [6, 6.07) is 0. The topological polar surface area (TPSA) is 12.0 Å². The van der Waals surface area contributed by atoms with E-state index in [9.17, 15) is 0 Å². The Hall–Kier alpha value is 1.79. The Balaban J connectivity index is 5.34. The fraction of sp³-hybridized carbons (Fsp3) is 0. The first-order valence-corrected chi connectivity index (χ1v) is 6.89. The average molecular weight is 326 g/mol. The molecule has 0 aliphatic rings. The second-order valence-corrected chi connectivity index (χ2v) is 5.30. The van der Waals surface area contributed by atoms with Crippen LogP contribution in [0.15, 0.2) is 0 Å². The lowest BCUT2D eigenvalue weighted by Crippen LogP contribution is -2.78. The highest BCUT2D eigenvalue weighted by atomic mass is 127. The first-order chi connectivity index (χ1) is 8.64. The molecule has 0 aromatic heterocycles. The lowest BCUT2D eigenvalue weighted by atomic mass is 8.47. The van der Waals surface area contributed by atoms with E-state index in [1.807, 2.05) is 22.9 Å². The Labute approximate surface area is 146 Å². The third kappa shape index (κ3) is 6.20. The van der Waals surface area contributed by atoms with Gasteiger partial charge in [0.2, 0.25) is 0 Å². The summed E-state index contributed by atoms with van der Waals surface area (Å²) < 4.78 is 2.98. The van der Waals surface area contributed by atoms with Crippen LogP contribution in [0.1, 0.15) is 0 Å². The predicted octanol–water partition coefficient (Wildman–Crippen LogP) is -6.08. The molecule has 18 radical (unpaired) electrons. The van der Waals surface area contributed by atoms with Crippen molar-refractivity contribution in [2.75, 3.05) is 0 Å². The van der Waals surface area contributed by atoms with Crippen molar-refractivity contribution in [1.29, 1.82) is 0 Å². The van der Waals surface area contributed by atoms with E-state index in [-0.39, 0.29) is 0 Å². The summed E-state index contributed by atoms with van der Waals surface area (Å²) >= 11 is 1.92. The molecule has 0 fully saturated rings. The maximum atomic E-state index is 5.96. The van der Waals surface area contributed by atoms with E-state index in [0.29, 0.717) is 0 Å². The molecular formula is HB17IN. The van der Waals surface area contributed by atoms with Gasteiger partial charge in [0.25, 0.3) is 0 Å². The number of hydrogen-bond acceptors (Lipinski definition) is 1. The van der Waals surface area contributed by atoms with Gasteiger partial charge in [0.1, 0.15) is 6.63 Å². The van der Waals surface area contributed by atoms with Crippen molar-refractivity contribution in [3.05, 3.63) is 0 Å². The van der Waals surface area contributed by atoms with Gasteiger partial charge in [-0.15, -0.1) is 0 Å². The molecule has 0 heterocycles. The molecule has 0 spiro atoms. The maximum Gasteiger partial charge on any atom is 0.129 e. The summed E-state index contributed by atoms with van der Waals surface area (Å²) in [7, 11) is 51.6. The highest BCUT2D eigenvalue weighted by molar-refractivity contribution is 14.1. The van der Waals surface area contributed by atoms with Gasteiger partial charge in [-0.05, 0) is 0 Å². The van der Waals surface area contributed by atoms with Crippen LogP contribution >= 0.6 is 22.9 Å². The van der Waals surface area contributed by atoms with Gasteiger partial charge in [0.15, 0.2) is 0 Å². The zero-order chi connectivity index (χ0) is 15.3. The molecule has 0 atom stereocenters. The lowest BCUT2D eigenvalue weighted by molar-refractivity contribution is 1.79. The van der Waals surface area contributed by atoms with Crippen molar-refractivity contribution >= 4 is 144 Å². The Kier molecular flexibility index (Phi) is 10.7. The highest BCUT2D eigenvalue weighted by Gasteiger charge is 2.43. The third-order valence-corrected chi connectivity index (χ3v) is 3.90. The molecule has 0 aliphatic heterocycles. The van der Waals surface area contributed by atoms with E-state index in [1.54, 1.807) is 0 Å². The van der Waals surface area contributed by atoms with Crippen LogP contribution in [0.25, 0.3) is 0 Å². The van der Waals surface area contributed by atoms with Gasteiger partial charge in [-0.2, -0.15) is 0 Å². The van der Waals surface area contributed by atoms with Crippen molar-refractivity contribution in [2.24, 2.45) is 0 Å². The van der Waals surface area contributed by atoms with Crippen molar-refractivity contribution < 1.29 is 0 Å². The molecule has 0 saturated heterocycles. The van der Waals surface area contributed by atoms with Crippen LogP contribution < -0.4 is 3.44 Å². The number of rotatable bonds is 8. The summed E-state index contributed by atoms with van der Waals surface area (Å²) in [4.78, 5) is 0. The van der Waals surface area contributed by atoms with Crippen LogP contribution in [0.5, 0.6) is 0 Å². The lowest BCUT2D eigenvalue weighted by Gasteiger charge is -2.38. The quantitative estimate of drug-likeness (QED) is 0.266. The molecule has 0 unspecified atom stereocenters. The minimum atomic E-state index is -0.796. The molecule has 0 aliphatic carbocycles. The van der Waals surface area contributed by atoms with E-state index >= 15 is 0 Å². The van der Waals surface area contributed by atoms with Gasteiger partial charge in [-0.1, -0.05) is 0 Å². The largest absolute Gasteiger partial charge is 0.319 e. The molecule has 1 N–H and O–H groups in total. The summed E-state index contributed by atoms with van der Waals surface area (Å²) in [6.45, 7) is -0.426. The van der Waals surface area contributed by atoms with Crippen LogP contribution in [0.2, 0.25) is 0 Å². The number of nitrogens with one attached hydrogen (secondary N) is 1. The second-order valence-electron chi connectivity index (χ2n) is 4.68. The molecule has 0 aromatic carbocycles. The number of hydrogen-bond donors (Lipinski definition) is 1. The van der Waals surface area contributed by atoms with Gasteiger partial charge in [-0.3, -0.25) is 0 Å². The van der Waals surface area contributed by atoms with Gasteiger partial charge in [-0.25, -0.2) is 0 Å². The SMILES string of the molecule is [B]B([B])B([B])B(B([B])[B])B(NI)B(B([B])[B])B([B])[B]. The van der Waals surface area contributed by atoms with Crippen LogP contribution in [0.3, 0.4) is 0 Å². The van der Waals surface area contributed by atoms with Crippen LogP contribution in [0, 0.1) is 0 Å². The average Bonchev–Trinajstić information content (AvgIpc) is 2.25. The first-order valence-electron chi connectivity index (χ1n) is 5.81. The fourth-order valence-electron chi connectivity index (χ4n) is 2.13. The molecule has 19 heteroatoms. The van der Waals surface area contributed by atoms with Crippen molar-refractivity contribution in [3.8, 4) is 0 Å². The molecule has 0 aromatic rings. The minimum absolute atomic E-state index is 0.426. The standard InChI is InChI=1S/B17HIN/c1-10(2)14(9)16(13(7)8)17(19-18)15(11(3)4)12(5)6/h19H. The summed E-state index contributed by atoms with van der Waals surface area (Å²) in [6.07, 6.45) is -4.77.